The molecule has 2 fully saturated rings. The predicted octanol–water partition coefficient (Wildman–Crippen LogP) is 2.25. The first kappa shape index (κ1) is 15.2. The summed E-state index contributed by atoms with van der Waals surface area (Å²) in [6.07, 6.45) is 8.05. The number of nitrogens with zero attached hydrogens (tertiary/aromatic N) is 3. The molecular weight excluding hydrogens is 286 g/mol. The summed E-state index contributed by atoms with van der Waals surface area (Å²) in [6, 6.07) is 0.448. The Kier molecular flexibility index (Phi) is 5.08. The van der Waals surface area contributed by atoms with E-state index in [0.29, 0.717) is 25.1 Å². The molecule has 2 heterocycles. The van der Waals surface area contributed by atoms with Crippen LogP contribution < -0.4 is 4.90 Å². The van der Waals surface area contributed by atoms with Crippen molar-refractivity contribution in [3.05, 3.63) is 5.82 Å². The summed E-state index contributed by atoms with van der Waals surface area (Å²) in [5.41, 5.74) is 0. The summed E-state index contributed by atoms with van der Waals surface area (Å²) in [5, 5.41) is 11.1. The smallest absolute Gasteiger partial charge is 0.205 e. The van der Waals surface area contributed by atoms with E-state index in [1.54, 1.807) is 7.11 Å². The van der Waals surface area contributed by atoms with E-state index in [-0.39, 0.29) is 6.10 Å². The first-order valence-electron chi connectivity index (χ1n) is 8.04. The number of hydrogen-bond donors (Lipinski definition) is 1. The molecular formula is C15H25N3O2S. The number of aromatic nitrogens is 2. The number of rotatable bonds is 5. The summed E-state index contributed by atoms with van der Waals surface area (Å²) in [4.78, 5) is 6.97. The molecule has 0 bridgehead atoms. The Morgan fingerprint density at radius 3 is 2.90 bits per heavy atom. The van der Waals surface area contributed by atoms with Gasteiger partial charge in [-0.15, -0.1) is 0 Å². The van der Waals surface area contributed by atoms with E-state index in [2.05, 4.69) is 14.3 Å². The van der Waals surface area contributed by atoms with Crippen molar-refractivity contribution in [2.75, 3.05) is 25.2 Å². The quantitative estimate of drug-likeness (QED) is 0.904. The number of ether oxygens (including phenoxy) is 1. The van der Waals surface area contributed by atoms with Gasteiger partial charge in [0.15, 0.2) is 0 Å². The van der Waals surface area contributed by atoms with Gasteiger partial charge in [0.05, 0.1) is 12.7 Å². The molecule has 1 aromatic heterocycles. The van der Waals surface area contributed by atoms with Gasteiger partial charge in [-0.2, -0.15) is 4.37 Å². The first-order chi connectivity index (χ1) is 10.3. The van der Waals surface area contributed by atoms with Crippen LogP contribution in [0, 0.1) is 5.92 Å². The van der Waals surface area contributed by atoms with Gasteiger partial charge in [0.25, 0.3) is 0 Å². The monoisotopic (exact) mass is 311 g/mol. The van der Waals surface area contributed by atoms with Crippen molar-refractivity contribution in [1.29, 1.82) is 0 Å². The number of β-amino-alcohol motifs (C(OH)–C–C–N with tert-alkyl or cyclic N) is 1. The van der Waals surface area contributed by atoms with Gasteiger partial charge in [0.2, 0.25) is 5.13 Å². The standard InChI is InChI=1S/C15H25N3O2S/c1-20-8-7-14-16-15(21-17-14)18-10-12(19)9-13(18)11-5-3-2-4-6-11/h11-13,19H,2-10H2,1H3. The number of methoxy groups -OCH3 is 1. The summed E-state index contributed by atoms with van der Waals surface area (Å²) in [6.45, 7) is 1.37. The molecule has 21 heavy (non-hydrogen) atoms. The fraction of sp³-hybridized carbons (Fsp3) is 0.867. The predicted molar refractivity (Wildman–Crippen MR) is 83.8 cm³/mol. The molecule has 1 aromatic rings. The molecule has 6 heteroatoms. The molecule has 2 atom stereocenters. The lowest BCUT2D eigenvalue weighted by molar-refractivity contribution is 0.185. The zero-order valence-corrected chi connectivity index (χ0v) is 13.5. The minimum Gasteiger partial charge on any atom is -0.391 e. The minimum atomic E-state index is -0.219. The van der Waals surface area contributed by atoms with Crippen molar-refractivity contribution in [2.45, 2.75) is 57.1 Å². The SMILES string of the molecule is COCCc1nsc(N2CC(O)CC2C2CCCCC2)n1. The topological polar surface area (TPSA) is 58.5 Å². The largest absolute Gasteiger partial charge is 0.391 e. The Labute approximate surface area is 130 Å². The second-order valence-electron chi connectivity index (χ2n) is 6.24. The van der Waals surface area contributed by atoms with Gasteiger partial charge >= 0.3 is 0 Å². The number of anilines is 1. The second-order valence-corrected chi connectivity index (χ2v) is 6.97. The molecule has 1 aliphatic heterocycles. The zero-order chi connectivity index (χ0) is 14.7. The maximum Gasteiger partial charge on any atom is 0.205 e. The fourth-order valence-electron chi connectivity index (χ4n) is 3.69. The molecule has 1 saturated carbocycles. The van der Waals surface area contributed by atoms with Crippen LogP contribution in [-0.2, 0) is 11.2 Å². The first-order valence-corrected chi connectivity index (χ1v) is 8.81. The van der Waals surface area contributed by atoms with Crippen LogP contribution in [-0.4, -0.2) is 46.9 Å². The van der Waals surface area contributed by atoms with Crippen molar-refractivity contribution in [1.82, 2.24) is 9.36 Å². The van der Waals surface area contributed by atoms with E-state index in [9.17, 15) is 5.11 Å². The minimum absolute atomic E-state index is 0.219. The summed E-state index contributed by atoms with van der Waals surface area (Å²) in [5.74, 6) is 1.57. The molecule has 2 unspecified atom stereocenters. The molecule has 0 aromatic carbocycles. The Bertz CT molecular complexity index is 448. The van der Waals surface area contributed by atoms with E-state index >= 15 is 0 Å². The van der Waals surface area contributed by atoms with Gasteiger partial charge < -0.3 is 14.7 Å². The highest BCUT2D eigenvalue weighted by molar-refractivity contribution is 7.09. The lowest BCUT2D eigenvalue weighted by Crippen LogP contribution is -2.36. The Morgan fingerprint density at radius 2 is 2.14 bits per heavy atom. The van der Waals surface area contributed by atoms with E-state index in [0.717, 1.165) is 23.8 Å². The van der Waals surface area contributed by atoms with Gasteiger partial charge in [0.1, 0.15) is 5.82 Å². The highest BCUT2D eigenvalue weighted by Crippen LogP contribution is 2.37. The van der Waals surface area contributed by atoms with Crippen LogP contribution in [0.5, 0.6) is 0 Å². The van der Waals surface area contributed by atoms with Crippen LogP contribution >= 0.6 is 11.5 Å². The number of aliphatic hydroxyl groups excluding tert-OH is 1. The van der Waals surface area contributed by atoms with Crippen LogP contribution in [0.15, 0.2) is 0 Å². The molecule has 0 radical (unpaired) electrons. The Hall–Kier alpha value is -0.720. The molecule has 1 N–H and O–H groups in total. The second kappa shape index (κ2) is 7.03. The summed E-state index contributed by atoms with van der Waals surface area (Å²) in [7, 11) is 1.70. The summed E-state index contributed by atoms with van der Waals surface area (Å²) < 4.78 is 9.52. The van der Waals surface area contributed by atoms with Crippen LogP contribution in [0.1, 0.15) is 44.3 Å². The molecule has 118 valence electrons. The molecule has 5 nitrogen and oxygen atoms in total. The summed E-state index contributed by atoms with van der Waals surface area (Å²) >= 11 is 1.47. The van der Waals surface area contributed by atoms with E-state index in [4.69, 9.17) is 4.74 Å². The lowest BCUT2D eigenvalue weighted by Gasteiger charge is -2.33. The average molecular weight is 311 g/mol. The van der Waals surface area contributed by atoms with Crippen LogP contribution in [0.4, 0.5) is 5.13 Å². The van der Waals surface area contributed by atoms with Gasteiger partial charge in [-0.3, -0.25) is 0 Å². The van der Waals surface area contributed by atoms with Gasteiger partial charge in [0, 0.05) is 37.6 Å². The Morgan fingerprint density at radius 1 is 1.33 bits per heavy atom. The van der Waals surface area contributed by atoms with E-state index in [1.165, 1.54) is 43.6 Å². The molecule has 0 spiro atoms. The van der Waals surface area contributed by atoms with Crippen molar-refractivity contribution >= 4 is 16.7 Å². The van der Waals surface area contributed by atoms with Gasteiger partial charge in [-0.05, 0) is 25.2 Å². The van der Waals surface area contributed by atoms with Crippen molar-refractivity contribution in [3.63, 3.8) is 0 Å². The highest BCUT2D eigenvalue weighted by atomic mass is 32.1. The molecule has 1 saturated heterocycles. The van der Waals surface area contributed by atoms with Crippen LogP contribution in [0.25, 0.3) is 0 Å². The zero-order valence-electron chi connectivity index (χ0n) is 12.7. The molecule has 0 amide bonds. The lowest BCUT2D eigenvalue weighted by atomic mass is 9.83. The van der Waals surface area contributed by atoms with E-state index in [1.807, 2.05) is 0 Å². The number of hydrogen-bond acceptors (Lipinski definition) is 6. The third-order valence-electron chi connectivity index (χ3n) is 4.75. The molecule has 3 rings (SSSR count). The normalized spacial score (nSPS) is 27.4. The molecule has 2 aliphatic rings. The Balaban J connectivity index is 1.70. The fourth-order valence-corrected chi connectivity index (χ4v) is 4.47. The third-order valence-corrected chi connectivity index (χ3v) is 5.54. The average Bonchev–Trinajstić information content (AvgIpc) is 3.12. The van der Waals surface area contributed by atoms with Crippen LogP contribution in [0.3, 0.4) is 0 Å². The third kappa shape index (κ3) is 3.55. The van der Waals surface area contributed by atoms with Crippen LogP contribution in [0.2, 0.25) is 0 Å². The maximum atomic E-state index is 10.1. The van der Waals surface area contributed by atoms with Gasteiger partial charge in [-0.25, -0.2) is 4.98 Å². The maximum absolute atomic E-state index is 10.1. The highest BCUT2D eigenvalue weighted by Gasteiger charge is 2.38. The van der Waals surface area contributed by atoms with Crippen molar-refractivity contribution < 1.29 is 9.84 Å². The molecule has 1 aliphatic carbocycles. The van der Waals surface area contributed by atoms with E-state index < -0.39 is 0 Å². The van der Waals surface area contributed by atoms with Crippen molar-refractivity contribution in [2.24, 2.45) is 5.92 Å². The number of aliphatic hydroxyl groups is 1. The van der Waals surface area contributed by atoms with Crippen molar-refractivity contribution in [3.8, 4) is 0 Å². The van der Waals surface area contributed by atoms with Gasteiger partial charge in [-0.1, -0.05) is 19.3 Å².